The van der Waals surface area contributed by atoms with Crippen LogP contribution in [0.4, 0.5) is 0 Å². The third-order valence-electron chi connectivity index (χ3n) is 1.63. The second kappa shape index (κ2) is 5.54. The van der Waals surface area contributed by atoms with Crippen LogP contribution in [0.2, 0.25) is 0 Å². The molecule has 0 saturated heterocycles. The average molecular weight is 226 g/mol. The summed E-state index contributed by atoms with van der Waals surface area (Å²) in [6.07, 6.45) is 3.65. The number of H-pyrrole nitrogens is 2. The molecule has 0 aliphatic heterocycles. The Kier molecular flexibility index (Phi) is 4.07. The molecule has 1 aromatic heterocycles. The minimum atomic E-state index is -0.963. The van der Waals surface area contributed by atoms with Gasteiger partial charge in [0, 0.05) is 6.20 Å². The molecule has 1 aromatic rings. The first-order valence-corrected chi connectivity index (χ1v) is 4.41. The summed E-state index contributed by atoms with van der Waals surface area (Å²) in [5, 5.41) is 8.31. The maximum atomic E-state index is 11.1. The molecule has 0 aliphatic carbocycles. The van der Waals surface area contributed by atoms with E-state index in [1.165, 1.54) is 18.5 Å². The van der Waals surface area contributed by atoms with Crippen LogP contribution in [0.15, 0.2) is 22.0 Å². The zero-order chi connectivity index (χ0) is 12.0. The molecule has 0 fully saturated rings. The normalized spacial score (nSPS) is 10.5. The number of aromatic nitrogens is 2. The van der Waals surface area contributed by atoms with Crippen LogP contribution >= 0.6 is 0 Å². The highest BCUT2D eigenvalue weighted by molar-refractivity contribution is 5.66. The minimum Gasteiger partial charge on any atom is -0.501 e. The van der Waals surface area contributed by atoms with Crippen molar-refractivity contribution in [1.29, 1.82) is 0 Å². The molecule has 7 heteroatoms. The van der Waals surface area contributed by atoms with Crippen LogP contribution in [0.5, 0.6) is 0 Å². The molecule has 0 unspecified atom stereocenters. The van der Waals surface area contributed by atoms with Crippen molar-refractivity contribution in [3.63, 3.8) is 0 Å². The van der Waals surface area contributed by atoms with Gasteiger partial charge in [-0.1, -0.05) is 0 Å². The van der Waals surface area contributed by atoms with Gasteiger partial charge in [0.2, 0.25) is 0 Å². The van der Waals surface area contributed by atoms with E-state index in [4.69, 9.17) is 9.84 Å². The van der Waals surface area contributed by atoms with Crippen molar-refractivity contribution in [1.82, 2.24) is 9.97 Å². The molecule has 0 amide bonds. The molecule has 0 radical (unpaired) electrons. The molecule has 1 rings (SSSR count). The quantitative estimate of drug-likeness (QED) is 0.464. The highest BCUT2D eigenvalue weighted by Gasteiger charge is 1.96. The third-order valence-corrected chi connectivity index (χ3v) is 1.63. The van der Waals surface area contributed by atoms with Crippen molar-refractivity contribution >= 4 is 12.0 Å². The maximum Gasteiger partial charge on any atom is 0.325 e. The number of hydrogen-bond donors (Lipinski definition) is 3. The highest BCUT2D eigenvalue weighted by Crippen LogP contribution is 1.91. The number of carboxylic acid groups (broad SMARTS) is 1. The predicted molar refractivity (Wildman–Crippen MR) is 54.9 cm³/mol. The van der Waals surface area contributed by atoms with E-state index in [1.54, 1.807) is 0 Å². The predicted octanol–water partition coefficient (Wildman–Crippen LogP) is -0.475. The van der Waals surface area contributed by atoms with E-state index >= 15 is 0 Å². The fourth-order valence-corrected chi connectivity index (χ4v) is 0.880. The van der Waals surface area contributed by atoms with Gasteiger partial charge >= 0.3 is 11.7 Å². The van der Waals surface area contributed by atoms with Crippen molar-refractivity contribution < 1.29 is 14.6 Å². The first-order chi connectivity index (χ1) is 7.59. The van der Waals surface area contributed by atoms with Gasteiger partial charge in [-0.15, -0.1) is 0 Å². The number of carbonyl (C=O) groups is 1. The summed E-state index contributed by atoms with van der Waals surface area (Å²) in [5.41, 5.74) is -0.911. The number of ether oxygens (including phenoxy) is 1. The highest BCUT2D eigenvalue weighted by atomic mass is 16.5. The number of carboxylic acids is 1. The summed E-state index contributed by atoms with van der Waals surface area (Å²) in [4.78, 5) is 36.2. The SMILES string of the molecule is O=C(O)CCOC=Cc1c[nH]c(=O)[nH]c1=O. The Hall–Kier alpha value is -2.31. The molecule has 3 N–H and O–H groups in total. The van der Waals surface area contributed by atoms with Crippen molar-refractivity contribution in [2.45, 2.75) is 6.42 Å². The fraction of sp³-hybridized carbons (Fsp3) is 0.222. The van der Waals surface area contributed by atoms with Gasteiger partial charge < -0.3 is 14.8 Å². The molecule has 1 heterocycles. The van der Waals surface area contributed by atoms with Gasteiger partial charge in [0.1, 0.15) is 0 Å². The molecular formula is C9H10N2O5. The second-order valence-electron chi connectivity index (χ2n) is 2.84. The van der Waals surface area contributed by atoms with E-state index in [0.29, 0.717) is 0 Å². The lowest BCUT2D eigenvalue weighted by molar-refractivity contribution is -0.137. The Morgan fingerprint density at radius 1 is 1.50 bits per heavy atom. The summed E-state index contributed by atoms with van der Waals surface area (Å²) in [5.74, 6) is -0.963. The topological polar surface area (TPSA) is 112 Å². The molecular weight excluding hydrogens is 216 g/mol. The van der Waals surface area contributed by atoms with Crippen LogP contribution in [0.1, 0.15) is 12.0 Å². The summed E-state index contributed by atoms with van der Waals surface area (Å²) >= 11 is 0. The minimum absolute atomic E-state index is 0.0209. The average Bonchev–Trinajstić information content (AvgIpc) is 2.20. The van der Waals surface area contributed by atoms with Crippen molar-refractivity contribution in [3.05, 3.63) is 38.9 Å². The number of aromatic amines is 2. The number of nitrogens with one attached hydrogen (secondary N) is 2. The standard InChI is InChI=1S/C9H10N2O5/c12-7(13)2-4-16-3-1-6-5-10-9(15)11-8(6)14/h1,3,5H,2,4H2,(H,12,13)(H2,10,11,14,15). The van der Waals surface area contributed by atoms with Crippen LogP contribution in [0.25, 0.3) is 6.08 Å². The molecule has 0 aromatic carbocycles. The Labute approximate surface area is 89.4 Å². The number of hydrogen-bond acceptors (Lipinski definition) is 4. The Bertz CT molecular complexity index is 499. The van der Waals surface area contributed by atoms with E-state index in [1.807, 2.05) is 4.98 Å². The summed E-state index contributed by atoms with van der Waals surface area (Å²) in [6, 6.07) is 0. The van der Waals surface area contributed by atoms with Crippen LogP contribution in [-0.2, 0) is 9.53 Å². The van der Waals surface area contributed by atoms with E-state index in [0.717, 1.165) is 0 Å². The Balaban J connectivity index is 2.53. The monoisotopic (exact) mass is 226 g/mol. The Morgan fingerprint density at radius 2 is 2.25 bits per heavy atom. The molecule has 0 bridgehead atoms. The van der Waals surface area contributed by atoms with Gasteiger partial charge in [0.15, 0.2) is 0 Å². The molecule has 0 saturated carbocycles. The first-order valence-electron chi connectivity index (χ1n) is 4.41. The van der Waals surface area contributed by atoms with Gasteiger partial charge in [0.25, 0.3) is 5.56 Å². The smallest absolute Gasteiger partial charge is 0.325 e. The molecule has 0 spiro atoms. The second-order valence-corrected chi connectivity index (χ2v) is 2.84. The van der Waals surface area contributed by atoms with E-state index < -0.39 is 17.2 Å². The maximum absolute atomic E-state index is 11.1. The number of rotatable bonds is 5. The van der Waals surface area contributed by atoms with E-state index in [2.05, 4.69) is 4.98 Å². The van der Waals surface area contributed by atoms with Crippen molar-refractivity contribution in [2.24, 2.45) is 0 Å². The van der Waals surface area contributed by atoms with Crippen LogP contribution in [0.3, 0.4) is 0 Å². The molecule has 0 aliphatic rings. The molecule has 16 heavy (non-hydrogen) atoms. The van der Waals surface area contributed by atoms with Gasteiger partial charge in [-0.05, 0) is 6.08 Å². The van der Waals surface area contributed by atoms with Gasteiger partial charge in [-0.25, -0.2) is 4.79 Å². The van der Waals surface area contributed by atoms with Gasteiger partial charge in [-0.3, -0.25) is 14.6 Å². The molecule has 0 atom stereocenters. The van der Waals surface area contributed by atoms with E-state index in [9.17, 15) is 14.4 Å². The first kappa shape index (κ1) is 11.8. The zero-order valence-electron chi connectivity index (χ0n) is 8.23. The van der Waals surface area contributed by atoms with Gasteiger partial charge in [-0.2, -0.15) is 0 Å². The lowest BCUT2D eigenvalue weighted by atomic mass is 10.3. The lowest BCUT2D eigenvalue weighted by Gasteiger charge is -1.96. The van der Waals surface area contributed by atoms with Crippen LogP contribution < -0.4 is 11.2 Å². The molecule has 86 valence electrons. The van der Waals surface area contributed by atoms with Crippen LogP contribution in [0, 0.1) is 0 Å². The summed E-state index contributed by atoms with van der Waals surface area (Å²) < 4.78 is 4.83. The lowest BCUT2D eigenvalue weighted by Crippen LogP contribution is -2.22. The fourth-order valence-electron chi connectivity index (χ4n) is 0.880. The number of aliphatic carboxylic acids is 1. The molecule has 7 nitrogen and oxygen atoms in total. The summed E-state index contributed by atoms with van der Waals surface area (Å²) in [6.45, 7) is 0.0209. The van der Waals surface area contributed by atoms with Gasteiger partial charge in [0.05, 0.1) is 24.9 Å². The third kappa shape index (κ3) is 3.82. The Morgan fingerprint density at radius 3 is 2.88 bits per heavy atom. The van der Waals surface area contributed by atoms with Crippen molar-refractivity contribution in [3.8, 4) is 0 Å². The summed E-state index contributed by atoms with van der Waals surface area (Å²) in [7, 11) is 0. The van der Waals surface area contributed by atoms with E-state index in [-0.39, 0.29) is 18.6 Å². The largest absolute Gasteiger partial charge is 0.501 e. The van der Waals surface area contributed by atoms with Crippen molar-refractivity contribution in [2.75, 3.05) is 6.61 Å². The zero-order valence-corrected chi connectivity index (χ0v) is 8.23. The van der Waals surface area contributed by atoms with Crippen LogP contribution in [-0.4, -0.2) is 27.7 Å².